The van der Waals surface area contributed by atoms with Gasteiger partial charge in [-0.1, -0.05) is 0 Å². The van der Waals surface area contributed by atoms with Crippen LogP contribution < -0.4 is 10.1 Å². The largest absolute Gasteiger partial charge is 0.464 e. The van der Waals surface area contributed by atoms with Crippen LogP contribution in [0.5, 0.6) is 11.5 Å². The van der Waals surface area contributed by atoms with Gasteiger partial charge in [-0.05, 0) is 55.5 Å². The molecule has 35 heavy (non-hydrogen) atoms. The molecule has 1 amide bonds. The van der Waals surface area contributed by atoms with Crippen LogP contribution in [0.1, 0.15) is 21.7 Å². The highest BCUT2D eigenvalue weighted by atomic mass is 19.4. The van der Waals surface area contributed by atoms with Crippen molar-refractivity contribution in [2.24, 2.45) is 0 Å². The maximum Gasteiger partial charge on any atom is 0.419 e. The summed E-state index contributed by atoms with van der Waals surface area (Å²) in [7, 11) is 1.24. The molecule has 7 nitrogen and oxygen atoms in total. The van der Waals surface area contributed by atoms with E-state index >= 15 is 0 Å². The fourth-order valence-electron chi connectivity index (χ4n) is 3.49. The molecule has 0 atom stereocenters. The number of carbonyl (C=O) groups is 2. The lowest BCUT2D eigenvalue weighted by Crippen LogP contribution is -2.21. The number of esters is 1. The zero-order chi connectivity index (χ0) is 25.3. The number of alkyl halides is 3. The van der Waals surface area contributed by atoms with Gasteiger partial charge in [0.15, 0.2) is 5.69 Å². The number of methoxy groups -OCH3 is 1. The second kappa shape index (κ2) is 9.09. The Hall–Kier alpha value is -4.41. The summed E-state index contributed by atoms with van der Waals surface area (Å²) in [6.45, 7) is 1.65. The summed E-state index contributed by atoms with van der Waals surface area (Å²) in [5.41, 5.74) is -0.638. The molecule has 0 bridgehead atoms. The molecule has 180 valence electrons. The minimum atomic E-state index is -4.90. The predicted molar refractivity (Wildman–Crippen MR) is 118 cm³/mol. The third-order valence-electron chi connectivity index (χ3n) is 5.04. The number of halogens is 4. The Morgan fingerprint density at radius 1 is 1.00 bits per heavy atom. The van der Waals surface area contributed by atoms with Crippen LogP contribution in [0.2, 0.25) is 0 Å². The predicted octanol–water partition coefficient (Wildman–Crippen LogP) is 6.16. The van der Waals surface area contributed by atoms with Crippen molar-refractivity contribution in [2.45, 2.75) is 13.1 Å². The maximum absolute atomic E-state index is 13.5. The number of anilines is 1. The zero-order valence-electron chi connectivity index (χ0n) is 18.3. The Balaban J connectivity index is 1.59. The Kier molecular flexibility index (Phi) is 6.16. The van der Waals surface area contributed by atoms with Crippen LogP contribution in [0, 0.1) is 12.7 Å². The van der Waals surface area contributed by atoms with Gasteiger partial charge in [-0.3, -0.25) is 4.57 Å². The summed E-state index contributed by atoms with van der Waals surface area (Å²) in [4.78, 5) is 28.4. The number of nitrogens with zero attached hydrogens (tertiary/aromatic N) is 2. The third kappa shape index (κ3) is 4.93. The third-order valence-corrected chi connectivity index (χ3v) is 5.04. The van der Waals surface area contributed by atoms with E-state index in [0.29, 0.717) is 40.2 Å². The van der Waals surface area contributed by atoms with Crippen molar-refractivity contribution >= 4 is 28.6 Å². The molecule has 11 heteroatoms. The van der Waals surface area contributed by atoms with Gasteiger partial charge >= 0.3 is 18.2 Å². The van der Waals surface area contributed by atoms with Crippen molar-refractivity contribution in [1.82, 2.24) is 9.55 Å². The highest BCUT2D eigenvalue weighted by molar-refractivity contribution is 5.99. The number of nitrogens with one attached hydrogen (secondary N) is 1. The number of hydrogen-bond acceptors (Lipinski definition) is 5. The van der Waals surface area contributed by atoms with Gasteiger partial charge in [-0.15, -0.1) is 0 Å². The molecule has 0 saturated carbocycles. The van der Waals surface area contributed by atoms with Gasteiger partial charge in [-0.2, -0.15) is 13.2 Å². The molecule has 0 saturated heterocycles. The molecule has 0 radical (unpaired) electrons. The van der Waals surface area contributed by atoms with Gasteiger partial charge in [0.25, 0.3) is 0 Å². The SMILES string of the molecule is COC(=O)c1cc(Oc2ccc3c(c2)cc(C)n3C(=O)Nc2ccc(F)c(C(F)(F)F)c2)ccn1. The Bertz CT molecular complexity index is 1450. The Labute approximate surface area is 195 Å². The van der Waals surface area contributed by atoms with E-state index in [1.54, 1.807) is 37.3 Å². The molecule has 4 rings (SSSR count). The molecule has 2 aromatic carbocycles. The highest BCUT2D eigenvalue weighted by Crippen LogP contribution is 2.33. The number of amides is 1. The summed E-state index contributed by atoms with van der Waals surface area (Å²) < 4.78 is 64.2. The van der Waals surface area contributed by atoms with E-state index in [-0.39, 0.29) is 11.4 Å². The number of aryl methyl sites for hydroxylation is 1. The van der Waals surface area contributed by atoms with Crippen LogP contribution in [-0.2, 0) is 10.9 Å². The Morgan fingerprint density at radius 2 is 1.74 bits per heavy atom. The summed E-state index contributed by atoms with van der Waals surface area (Å²) in [6.07, 6.45) is -3.51. The first-order valence-corrected chi connectivity index (χ1v) is 10.1. The number of carbonyl (C=O) groups excluding carboxylic acids is 2. The lowest BCUT2D eigenvalue weighted by Gasteiger charge is -2.13. The van der Waals surface area contributed by atoms with Crippen molar-refractivity contribution < 1.29 is 36.6 Å². The van der Waals surface area contributed by atoms with Gasteiger partial charge in [0.1, 0.15) is 17.3 Å². The second-order valence-electron chi connectivity index (χ2n) is 7.43. The van der Waals surface area contributed by atoms with E-state index in [1.165, 1.54) is 23.9 Å². The van der Waals surface area contributed by atoms with Gasteiger partial charge in [0, 0.05) is 29.0 Å². The molecule has 0 fully saturated rings. The maximum atomic E-state index is 13.5. The summed E-state index contributed by atoms with van der Waals surface area (Å²) in [5.74, 6) is -1.30. The fourth-order valence-corrected chi connectivity index (χ4v) is 3.49. The monoisotopic (exact) mass is 487 g/mol. The van der Waals surface area contributed by atoms with E-state index in [2.05, 4.69) is 15.0 Å². The average Bonchev–Trinajstić information content (AvgIpc) is 3.14. The fraction of sp³-hybridized carbons (Fsp3) is 0.125. The quantitative estimate of drug-likeness (QED) is 0.275. The van der Waals surface area contributed by atoms with Crippen LogP contribution >= 0.6 is 0 Å². The lowest BCUT2D eigenvalue weighted by atomic mass is 10.2. The minimum absolute atomic E-state index is 0.0687. The standard InChI is InChI=1S/C24H17F4N3O4/c1-13-9-14-10-16(35-17-7-8-29-20(12-17)22(32)34-2)4-6-21(14)31(13)23(33)30-15-3-5-19(25)18(11-15)24(26,27)28/h3-12H,1-2H3,(H,30,33). The first-order chi connectivity index (χ1) is 16.6. The van der Waals surface area contributed by atoms with Crippen molar-refractivity contribution in [2.75, 3.05) is 12.4 Å². The van der Waals surface area contributed by atoms with Crippen LogP contribution in [0.3, 0.4) is 0 Å². The van der Waals surface area contributed by atoms with Gasteiger partial charge in [0.05, 0.1) is 18.2 Å². The van der Waals surface area contributed by atoms with E-state index < -0.39 is 29.6 Å². The van der Waals surface area contributed by atoms with E-state index in [9.17, 15) is 27.2 Å². The topological polar surface area (TPSA) is 82.5 Å². The highest BCUT2D eigenvalue weighted by Gasteiger charge is 2.34. The van der Waals surface area contributed by atoms with Crippen molar-refractivity contribution in [3.63, 3.8) is 0 Å². The first-order valence-electron chi connectivity index (χ1n) is 10.1. The Morgan fingerprint density at radius 3 is 2.46 bits per heavy atom. The molecule has 2 aromatic heterocycles. The van der Waals surface area contributed by atoms with E-state index in [4.69, 9.17) is 4.74 Å². The number of pyridine rings is 1. The summed E-state index contributed by atoms with van der Waals surface area (Å²) >= 11 is 0. The molecule has 4 aromatic rings. The van der Waals surface area contributed by atoms with Gasteiger partial charge in [0.2, 0.25) is 0 Å². The molecular weight excluding hydrogens is 470 g/mol. The van der Waals surface area contributed by atoms with Crippen molar-refractivity contribution in [3.05, 3.63) is 83.6 Å². The summed E-state index contributed by atoms with van der Waals surface area (Å²) in [5, 5.41) is 2.99. The molecule has 0 aliphatic rings. The van der Waals surface area contributed by atoms with E-state index in [0.717, 1.165) is 6.07 Å². The normalized spacial score (nSPS) is 11.4. The molecule has 0 aliphatic carbocycles. The average molecular weight is 487 g/mol. The number of benzene rings is 2. The van der Waals surface area contributed by atoms with Crippen molar-refractivity contribution in [3.8, 4) is 11.5 Å². The summed E-state index contributed by atoms with van der Waals surface area (Å²) in [6, 6.07) is 11.0. The van der Waals surface area contributed by atoms with Gasteiger partial charge < -0.3 is 14.8 Å². The lowest BCUT2D eigenvalue weighted by molar-refractivity contribution is -0.139. The molecule has 1 N–H and O–H groups in total. The first kappa shape index (κ1) is 23.7. The minimum Gasteiger partial charge on any atom is -0.464 e. The molecular formula is C24H17F4N3O4. The van der Waals surface area contributed by atoms with Crippen molar-refractivity contribution in [1.29, 1.82) is 0 Å². The molecule has 2 heterocycles. The number of hydrogen-bond donors (Lipinski definition) is 1. The zero-order valence-corrected chi connectivity index (χ0v) is 18.3. The van der Waals surface area contributed by atoms with Crippen LogP contribution in [0.4, 0.5) is 28.0 Å². The molecule has 0 aliphatic heterocycles. The smallest absolute Gasteiger partial charge is 0.419 e. The van der Waals surface area contributed by atoms with Crippen LogP contribution in [-0.4, -0.2) is 28.7 Å². The van der Waals surface area contributed by atoms with E-state index in [1.807, 2.05) is 0 Å². The van der Waals surface area contributed by atoms with Crippen LogP contribution in [0.15, 0.2) is 60.8 Å². The van der Waals surface area contributed by atoms with Gasteiger partial charge in [-0.25, -0.2) is 19.0 Å². The second-order valence-corrected chi connectivity index (χ2v) is 7.43. The number of fused-ring (bicyclic) bond motifs is 1. The molecule has 0 unspecified atom stereocenters. The number of aromatic nitrogens is 2. The number of ether oxygens (including phenoxy) is 2. The molecule has 0 spiro atoms. The van der Waals surface area contributed by atoms with Crippen LogP contribution in [0.25, 0.3) is 10.9 Å². The number of rotatable bonds is 4.